The molecule has 1 atom stereocenters. The van der Waals surface area contributed by atoms with E-state index >= 15 is 0 Å². The molecule has 21 heavy (non-hydrogen) atoms. The van der Waals surface area contributed by atoms with E-state index in [4.69, 9.17) is 10.6 Å². The van der Waals surface area contributed by atoms with Crippen LogP contribution in [0.25, 0.3) is 0 Å². The molecule has 0 radical (unpaired) electrons. The van der Waals surface area contributed by atoms with Crippen molar-refractivity contribution in [2.45, 2.75) is 38.6 Å². The van der Waals surface area contributed by atoms with Gasteiger partial charge in [-0.05, 0) is 44.5 Å². The lowest BCUT2D eigenvalue weighted by molar-refractivity contribution is 0.0953. The van der Waals surface area contributed by atoms with Crippen LogP contribution in [0.4, 0.5) is 0 Å². The third-order valence-electron chi connectivity index (χ3n) is 4.07. The molecule has 116 valence electrons. The topological polar surface area (TPSA) is 67.6 Å². The highest BCUT2D eigenvalue weighted by Gasteiger charge is 2.16. The van der Waals surface area contributed by atoms with E-state index in [1.807, 2.05) is 6.07 Å². The second-order valence-corrected chi connectivity index (χ2v) is 5.58. The minimum atomic E-state index is -0.304. The SMILES string of the molecule is CC1CCCCCN1CCOc1cccc(C(=O)NN)c1. The van der Waals surface area contributed by atoms with Gasteiger partial charge >= 0.3 is 0 Å². The minimum absolute atomic E-state index is 0.304. The second-order valence-electron chi connectivity index (χ2n) is 5.58. The number of rotatable bonds is 5. The van der Waals surface area contributed by atoms with Gasteiger partial charge in [0.15, 0.2) is 0 Å². The van der Waals surface area contributed by atoms with Crippen LogP contribution >= 0.6 is 0 Å². The fraction of sp³-hybridized carbons (Fsp3) is 0.562. The zero-order valence-electron chi connectivity index (χ0n) is 12.7. The smallest absolute Gasteiger partial charge is 0.265 e. The number of nitrogens with zero attached hydrogens (tertiary/aromatic N) is 1. The fourth-order valence-electron chi connectivity index (χ4n) is 2.76. The van der Waals surface area contributed by atoms with Gasteiger partial charge in [-0.1, -0.05) is 18.9 Å². The number of nitrogens with two attached hydrogens (primary N) is 1. The van der Waals surface area contributed by atoms with Crippen LogP contribution in [0.5, 0.6) is 5.75 Å². The summed E-state index contributed by atoms with van der Waals surface area (Å²) in [5.74, 6) is 5.54. The Bertz CT molecular complexity index is 465. The first-order valence-corrected chi connectivity index (χ1v) is 7.68. The van der Waals surface area contributed by atoms with Gasteiger partial charge in [0.2, 0.25) is 0 Å². The number of ether oxygens (including phenoxy) is 1. The summed E-state index contributed by atoms with van der Waals surface area (Å²) in [5.41, 5.74) is 2.64. The number of likely N-dealkylation sites (tertiary alicyclic amines) is 1. The zero-order chi connectivity index (χ0) is 15.1. The molecule has 5 nitrogen and oxygen atoms in total. The number of carbonyl (C=O) groups excluding carboxylic acids is 1. The summed E-state index contributed by atoms with van der Waals surface area (Å²) in [6, 6.07) is 7.72. The largest absolute Gasteiger partial charge is 0.492 e. The third kappa shape index (κ3) is 4.72. The maximum absolute atomic E-state index is 11.5. The van der Waals surface area contributed by atoms with Gasteiger partial charge in [0.25, 0.3) is 5.91 Å². The van der Waals surface area contributed by atoms with Crippen molar-refractivity contribution in [2.75, 3.05) is 19.7 Å². The van der Waals surface area contributed by atoms with Gasteiger partial charge < -0.3 is 4.74 Å². The van der Waals surface area contributed by atoms with Gasteiger partial charge in [-0.2, -0.15) is 0 Å². The van der Waals surface area contributed by atoms with Crippen molar-refractivity contribution in [1.82, 2.24) is 10.3 Å². The molecule has 1 heterocycles. The number of hydrogen-bond acceptors (Lipinski definition) is 4. The van der Waals surface area contributed by atoms with Crippen molar-refractivity contribution in [2.24, 2.45) is 5.84 Å². The van der Waals surface area contributed by atoms with E-state index in [1.165, 1.54) is 25.7 Å². The normalized spacial score (nSPS) is 19.8. The van der Waals surface area contributed by atoms with Gasteiger partial charge in [-0.3, -0.25) is 15.1 Å². The van der Waals surface area contributed by atoms with Crippen LogP contribution in [0.2, 0.25) is 0 Å². The molecule has 5 heteroatoms. The predicted molar refractivity (Wildman–Crippen MR) is 83.1 cm³/mol. The van der Waals surface area contributed by atoms with Crippen molar-refractivity contribution < 1.29 is 9.53 Å². The number of amides is 1. The van der Waals surface area contributed by atoms with E-state index in [-0.39, 0.29) is 5.91 Å². The number of carbonyl (C=O) groups is 1. The third-order valence-corrected chi connectivity index (χ3v) is 4.07. The van der Waals surface area contributed by atoms with E-state index in [1.54, 1.807) is 18.2 Å². The molecule has 0 aromatic heterocycles. The van der Waals surface area contributed by atoms with Crippen molar-refractivity contribution in [3.63, 3.8) is 0 Å². The van der Waals surface area contributed by atoms with Gasteiger partial charge in [0.05, 0.1) is 0 Å². The van der Waals surface area contributed by atoms with Gasteiger partial charge in [0, 0.05) is 18.2 Å². The Morgan fingerprint density at radius 3 is 3.10 bits per heavy atom. The van der Waals surface area contributed by atoms with Crippen LogP contribution in [0.15, 0.2) is 24.3 Å². The maximum Gasteiger partial charge on any atom is 0.265 e. The molecule has 1 fully saturated rings. The number of benzene rings is 1. The van der Waals surface area contributed by atoms with E-state index in [0.29, 0.717) is 24.0 Å². The summed E-state index contributed by atoms with van der Waals surface area (Å²) in [4.78, 5) is 14.0. The summed E-state index contributed by atoms with van der Waals surface area (Å²) in [6.07, 6.45) is 5.20. The highest BCUT2D eigenvalue weighted by atomic mass is 16.5. The molecule has 0 aliphatic carbocycles. The van der Waals surface area contributed by atoms with E-state index in [2.05, 4.69) is 17.2 Å². The standard InChI is InChI=1S/C16H25N3O2/c1-13-6-3-2-4-9-19(13)10-11-21-15-8-5-7-14(12-15)16(20)18-17/h5,7-8,12-13H,2-4,6,9-11,17H2,1H3,(H,18,20). The molecule has 1 aliphatic rings. The first-order chi connectivity index (χ1) is 10.2. The quantitative estimate of drug-likeness (QED) is 0.494. The maximum atomic E-state index is 11.5. The Hall–Kier alpha value is -1.59. The van der Waals surface area contributed by atoms with Crippen molar-refractivity contribution >= 4 is 5.91 Å². The number of hydrazine groups is 1. The molecule has 1 unspecified atom stereocenters. The molecule has 2 rings (SSSR count). The molecular weight excluding hydrogens is 266 g/mol. The van der Waals surface area contributed by atoms with Gasteiger partial charge in [-0.15, -0.1) is 0 Å². The second kappa shape index (κ2) is 8.00. The Balaban J connectivity index is 1.84. The molecule has 1 aliphatic heterocycles. The Kier molecular flexibility index (Phi) is 6.02. The van der Waals surface area contributed by atoms with Crippen LogP contribution in [0.1, 0.15) is 43.0 Å². The molecular formula is C16H25N3O2. The average molecular weight is 291 g/mol. The molecule has 1 amide bonds. The zero-order valence-corrected chi connectivity index (χ0v) is 12.7. The molecule has 1 aromatic rings. The first-order valence-electron chi connectivity index (χ1n) is 7.68. The van der Waals surface area contributed by atoms with Crippen LogP contribution in [-0.4, -0.2) is 36.5 Å². The lowest BCUT2D eigenvalue weighted by Crippen LogP contribution is -2.35. The highest BCUT2D eigenvalue weighted by Crippen LogP contribution is 2.17. The molecule has 3 N–H and O–H groups in total. The van der Waals surface area contributed by atoms with Gasteiger partial charge in [-0.25, -0.2) is 5.84 Å². The Labute approximate surface area is 126 Å². The van der Waals surface area contributed by atoms with Crippen molar-refractivity contribution in [1.29, 1.82) is 0 Å². The number of nitrogens with one attached hydrogen (secondary N) is 1. The number of hydrogen-bond donors (Lipinski definition) is 2. The summed E-state index contributed by atoms with van der Waals surface area (Å²) in [6.45, 7) is 5.00. The van der Waals surface area contributed by atoms with Gasteiger partial charge in [0.1, 0.15) is 12.4 Å². The summed E-state index contributed by atoms with van der Waals surface area (Å²) in [5, 5.41) is 0. The van der Waals surface area contributed by atoms with Crippen LogP contribution < -0.4 is 16.0 Å². The Morgan fingerprint density at radius 2 is 2.29 bits per heavy atom. The molecule has 0 bridgehead atoms. The molecule has 1 saturated heterocycles. The molecule has 1 aromatic carbocycles. The lowest BCUT2D eigenvalue weighted by atomic mass is 10.1. The van der Waals surface area contributed by atoms with Crippen LogP contribution in [-0.2, 0) is 0 Å². The Morgan fingerprint density at radius 1 is 1.43 bits per heavy atom. The van der Waals surface area contributed by atoms with Crippen LogP contribution in [0, 0.1) is 0 Å². The highest BCUT2D eigenvalue weighted by molar-refractivity contribution is 5.94. The van der Waals surface area contributed by atoms with Crippen molar-refractivity contribution in [3.05, 3.63) is 29.8 Å². The lowest BCUT2D eigenvalue weighted by Gasteiger charge is -2.26. The average Bonchev–Trinajstić information content (AvgIpc) is 2.72. The summed E-state index contributed by atoms with van der Waals surface area (Å²) >= 11 is 0. The van der Waals surface area contributed by atoms with E-state index < -0.39 is 0 Å². The molecule has 0 saturated carbocycles. The monoisotopic (exact) mass is 291 g/mol. The first kappa shape index (κ1) is 15.8. The van der Waals surface area contributed by atoms with Crippen molar-refractivity contribution in [3.8, 4) is 5.75 Å². The van der Waals surface area contributed by atoms with E-state index in [9.17, 15) is 4.79 Å². The summed E-state index contributed by atoms with van der Waals surface area (Å²) in [7, 11) is 0. The molecule has 0 spiro atoms. The fourth-order valence-corrected chi connectivity index (χ4v) is 2.76. The van der Waals surface area contributed by atoms with E-state index in [0.717, 1.165) is 13.1 Å². The predicted octanol–water partition coefficient (Wildman–Crippen LogP) is 1.93. The van der Waals surface area contributed by atoms with Crippen LogP contribution in [0.3, 0.4) is 0 Å². The summed E-state index contributed by atoms with van der Waals surface area (Å²) < 4.78 is 5.77. The minimum Gasteiger partial charge on any atom is -0.492 e. The number of nitrogen functional groups attached to an aromatic ring is 1.